The highest BCUT2D eigenvalue weighted by atomic mass is 16.1. The highest BCUT2D eigenvalue weighted by Gasteiger charge is 2.38. The Morgan fingerprint density at radius 1 is 1.26 bits per heavy atom. The standard InChI is InChI=1S/C17H19N9O/c18-14(27)13-9-20-16(21-10-17(19)4-5-17)25-15(13)24-11-2-1-3-12(8-11)26-22-6-7-23-26/h1-3,6-9H,4-5,10,19H2,(H2,18,27)(H2,20,21,24,25). The molecular weight excluding hydrogens is 346 g/mol. The molecule has 0 spiro atoms. The first kappa shape index (κ1) is 16.9. The number of amides is 1. The summed E-state index contributed by atoms with van der Waals surface area (Å²) >= 11 is 0. The molecule has 10 heteroatoms. The minimum absolute atomic E-state index is 0.190. The third-order valence-corrected chi connectivity index (χ3v) is 4.30. The summed E-state index contributed by atoms with van der Waals surface area (Å²) in [6, 6.07) is 7.38. The predicted molar refractivity (Wildman–Crippen MR) is 99.8 cm³/mol. The van der Waals surface area contributed by atoms with Crippen molar-refractivity contribution in [3.05, 3.63) is 48.4 Å². The van der Waals surface area contributed by atoms with Gasteiger partial charge in [-0.05, 0) is 31.0 Å². The normalized spacial score (nSPS) is 14.6. The molecule has 0 unspecified atom stereocenters. The number of aromatic nitrogens is 5. The van der Waals surface area contributed by atoms with Crippen molar-refractivity contribution >= 4 is 23.4 Å². The topological polar surface area (TPSA) is 150 Å². The van der Waals surface area contributed by atoms with E-state index in [4.69, 9.17) is 11.5 Å². The van der Waals surface area contributed by atoms with Gasteiger partial charge in [0.15, 0.2) is 0 Å². The average molecular weight is 365 g/mol. The van der Waals surface area contributed by atoms with E-state index in [1.165, 1.54) is 11.0 Å². The smallest absolute Gasteiger partial charge is 0.254 e. The van der Waals surface area contributed by atoms with Crippen LogP contribution in [-0.4, -0.2) is 43.0 Å². The van der Waals surface area contributed by atoms with E-state index in [9.17, 15) is 4.79 Å². The van der Waals surface area contributed by atoms with Gasteiger partial charge in [-0.1, -0.05) is 6.07 Å². The molecule has 1 aliphatic carbocycles. The quantitative estimate of drug-likeness (QED) is 0.480. The fourth-order valence-electron chi connectivity index (χ4n) is 2.53. The Labute approximate surface area is 155 Å². The van der Waals surface area contributed by atoms with Crippen LogP contribution in [0, 0.1) is 0 Å². The first-order valence-electron chi connectivity index (χ1n) is 8.46. The Kier molecular flexibility index (Phi) is 4.16. The van der Waals surface area contributed by atoms with E-state index in [0.29, 0.717) is 24.0 Å². The minimum atomic E-state index is -0.619. The molecule has 138 valence electrons. The lowest BCUT2D eigenvalue weighted by atomic mass is 10.2. The molecule has 0 bridgehead atoms. The SMILES string of the molecule is NC(=O)c1cnc(NCC2(N)CC2)nc1Nc1cccc(-n2nccn2)c1. The van der Waals surface area contributed by atoms with Gasteiger partial charge in [0.2, 0.25) is 5.95 Å². The first-order valence-corrected chi connectivity index (χ1v) is 8.46. The van der Waals surface area contributed by atoms with Gasteiger partial charge in [0.1, 0.15) is 11.4 Å². The molecule has 0 radical (unpaired) electrons. The molecule has 0 saturated heterocycles. The van der Waals surface area contributed by atoms with Gasteiger partial charge in [-0.2, -0.15) is 20.0 Å². The van der Waals surface area contributed by atoms with Crippen molar-refractivity contribution < 1.29 is 4.79 Å². The number of primary amides is 1. The number of nitrogens with one attached hydrogen (secondary N) is 2. The third-order valence-electron chi connectivity index (χ3n) is 4.30. The van der Waals surface area contributed by atoms with Crippen molar-refractivity contribution in [1.29, 1.82) is 0 Å². The van der Waals surface area contributed by atoms with Crippen LogP contribution in [0.1, 0.15) is 23.2 Å². The van der Waals surface area contributed by atoms with E-state index in [2.05, 4.69) is 30.8 Å². The minimum Gasteiger partial charge on any atom is -0.365 e. The Hall–Kier alpha value is -3.53. The van der Waals surface area contributed by atoms with Crippen molar-refractivity contribution in [2.75, 3.05) is 17.2 Å². The maximum atomic E-state index is 11.7. The monoisotopic (exact) mass is 365 g/mol. The van der Waals surface area contributed by atoms with E-state index < -0.39 is 5.91 Å². The lowest BCUT2D eigenvalue weighted by molar-refractivity contribution is 0.100. The summed E-state index contributed by atoms with van der Waals surface area (Å²) in [6.07, 6.45) is 6.53. The number of carbonyl (C=O) groups excluding carboxylic acids is 1. The second-order valence-corrected chi connectivity index (χ2v) is 6.53. The van der Waals surface area contributed by atoms with Gasteiger partial charge in [0, 0.05) is 24.0 Å². The predicted octanol–water partition coefficient (Wildman–Crippen LogP) is 0.803. The summed E-state index contributed by atoms with van der Waals surface area (Å²) in [6.45, 7) is 0.572. The number of nitrogens with two attached hydrogens (primary N) is 2. The molecule has 0 aliphatic heterocycles. The number of benzene rings is 1. The lowest BCUT2D eigenvalue weighted by Crippen LogP contribution is -2.31. The fourth-order valence-corrected chi connectivity index (χ4v) is 2.53. The molecule has 1 fully saturated rings. The summed E-state index contributed by atoms with van der Waals surface area (Å²) in [5, 5.41) is 14.4. The molecule has 6 N–H and O–H groups in total. The zero-order valence-corrected chi connectivity index (χ0v) is 14.5. The summed E-state index contributed by atoms with van der Waals surface area (Å²) in [5.41, 5.74) is 13.0. The van der Waals surface area contributed by atoms with Crippen LogP contribution in [-0.2, 0) is 0 Å². The van der Waals surface area contributed by atoms with Crippen LogP contribution in [0.15, 0.2) is 42.9 Å². The molecule has 10 nitrogen and oxygen atoms in total. The van der Waals surface area contributed by atoms with E-state index >= 15 is 0 Å². The second kappa shape index (κ2) is 6.65. The molecule has 2 heterocycles. The number of nitrogens with zero attached hydrogens (tertiary/aromatic N) is 5. The fraction of sp³-hybridized carbons (Fsp3) is 0.235. The van der Waals surface area contributed by atoms with E-state index in [1.807, 2.05) is 24.3 Å². The van der Waals surface area contributed by atoms with Gasteiger partial charge in [-0.15, -0.1) is 0 Å². The lowest BCUT2D eigenvalue weighted by Gasteiger charge is -2.14. The summed E-state index contributed by atoms with van der Waals surface area (Å²) in [7, 11) is 0. The molecule has 2 aromatic heterocycles. The van der Waals surface area contributed by atoms with E-state index in [-0.39, 0.29) is 11.1 Å². The zero-order chi connectivity index (χ0) is 18.9. The van der Waals surface area contributed by atoms with Gasteiger partial charge in [-0.25, -0.2) is 4.98 Å². The largest absolute Gasteiger partial charge is 0.365 e. The Bertz CT molecular complexity index is 966. The summed E-state index contributed by atoms with van der Waals surface area (Å²) < 4.78 is 0. The summed E-state index contributed by atoms with van der Waals surface area (Å²) in [5.74, 6) is 0.0722. The number of hydrogen-bond acceptors (Lipinski definition) is 8. The van der Waals surface area contributed by atoms with Crippen LogP contribution in [0.25, 0.3) is 5.69 Å². The van der Waals surface area contributed by atoms with Crippen LogP contribution in [0.3, 0.4) is 0 Å². The highest BCUT2D eigenvalue weighted by Crippen LogP contribution is 2.32. The second-order valence-electron chi connectivity index (χ2n) is 6.53. The van der Waals surface area contributed by atoms with Gasteiger partial charge in [0.05, 0.1) is 18.1 Å². The van der Waals surface area contributed by atoms with Gasteiger partial charge in [-0.3, -0.25) is 4.79 Å². The highest BCUT2D eigenvalue weighted by molar-refractivity contribution is 5.98. The number of carbonyl (C=O) groups is 1. The van der Waals surface area contributed by atoms with Crippen molar-refractivity contribution in [2.24, 2.45) is 11.5 Å². The van der Waals surface area contributed by atoms with Crippen LogP contribution in [0.2, 0.25) is 0 Å². The number of anilines is 3. The Balaban J connectivity index is 1.59. The van der Waals surface area contributed by atoms with Crippen LogP contribution in [0.4, 0.5) is 17.5 Å². The number of hydrogen-bond donors (Lipinski definition) is 4. The molecular formula is C17H19N9O. The van der Waals surface area contributed by atoms with Crippen molar-refractivity contribution in [1.82, 2.24) is 25.0 Å². The average Bonchev–Trinajstić information content (AvgIpc) is 3.16. The van der Waals surface area contributed by atoms with Crippen molar-refractivity contribution in [2.45, 2.75) is 18.4 Å². The van der Waals surface area contributed by atoms with E-state index in [0.717, 1.165) is 18.5 Å². The first-order chi connectivity index (χ1) is 13.0. The molecule has 27 heavy (non-hydrogen) atoms. The van der Waals surface area contributed by atoms with Crippen molar-refractivity contribution in [3.8, 4) is 5.69 Å². The molecule has 4 rings (SSSR count). The Morgan fingerprint density at radius 2 is 2.04 bits per heavy atom. The summed E-state index contributed by atoms with van der Waals surface area (Å²) in [4.78, 5) is 21.8. The van der Waals surface area contributed by atoms with Crippen LogP contribution >= 0.6 is 0 Å². The molecule has 1 saturated carbocycles. The maximum absolute atomic E-state index is 11.7. The van der Waals surface area contributed by atoms with Gasteiger partial charge < -0.3 is 22.1 Å². The van der Waals surface area contributed by atoms with Gasteiger partial charge in [0.25, 0.3) is 5.91 Å². The third kappa shape index (κ3) is 3.85. The molecule has 1 aliphatic rings. The molecule has 1 aromatic carbocycles. The maximum Gasteiger partial charge on any atom is 0.254 e. The molecule has 1 amide bonds. The van der Waals surface area contributed by atoms with Crippen LogP contribution < -0.4 is 22.1 Å². The Morgan fingerprint density at radius 3 is 2.74 bits per heavy atom. The van der Waals surface area contributed by atoms with Gasteiger partial charge >= 0.3 is 0 Å². The number of rotatable bonds is 7. The van der Waals surface area contributed by atoms with Crippen molar-refractivity contribution in [3.63, 3.8) is 0 Å². The van der Waals surface area contributed by atoms with E-state index in [1.54, 1.807) is 12.4 Å². The zero-order valence-electron chi connectivity index (χ0n) is 14.5. The molecule has 3 aromatic rings. The molecule has 0 atom stereocenters. The van der Waals surface area contributed by atoms with Crippen LogP contribution in [0.5, 0.6) is 0 Å².